The number of amides is 1. The smallest absolute Gasteiger partial charge is 0.342 e. The zero-order valence-electron chi connectivity index (χ0n) is 14.0. The Morgan fingerprint density at radius 2 is 1.88 bits per heavy atom. The first kappa shape index (κ1) is 17.4. The van der Waals surface area contributed by atoms with Gasteiger partial charge >= 0.3 is 5.97 Å². The van der Waals surface area contributed by atoms with E-state index >= 15 is 0 Å². The molecule has 0 aliphatic heterocycles. The lowest BCUT2D eigenvalue weighted by molar-refractivity contribution is -0.119. The molecule has 3 rings (SSSR count). The predicted octanol–water partition coefficient (Wildman–Crippen LogP) is 3.79. The average Bonchev–Trinajstić information content (AvgIpc) is 2.63. The minimum atomic E-state index is -0.820. The summed E-state index contributed by atoms with van der Waals surface area (Å²) in [5.41, 5.74) is 0.955. The van der Waals surface area contributed by atoms with Gasteiger partial charge in [0.15, 0.2) is 6.61 Å². The van der Waals surface area contributed by atoms with Crippen molar-refractivity contribution in [3.05, 3.63) is 71.5 Å². The van der Waals surface area contributed by atoms with Gasteiger partial charge in [-0.05, 0) is 36.1 Å². The number of hydrogen-bond donors (Lipinski definition) is 2. The number of fused-ring (bicyclic) bond motifs is 1. The molecule has 3 aromatic carbocycles. The molecule has 5 nitrogen and oxygen atoms in total. The number of phenols is 1. The number of hydrogen-bond acceptors (Lipinski definition) is 4. The first-order valence-corrected chi connectivity index (χ1v) is 7.89. The van der Waals surface area contributed by atoms with Crippen LogP contribution in [0.3, 0.4) is 0 Å². The van der Waals surface area contributed by atoms with Gasteiger partial charge in [-0.15, -0.1) is 0 Å². The number of aryl methyl sites for hydroxylation is 1. The Balaban J connectivity index is 1.68. The van der Waals surface area contributed by atoms with Gasteiger partial charge in [0, 0.05) is 11.1 Å². The second-order valence-corrected chi connectivity index (χ2v) is 5.77. The third kappa shape index (κ3) is 3.64. The van der Waals surface area contributed by atoms with Crippen LogP contribution in [0.25, 0.3) is 10.8 Å². The molecule has 0 unspecified atom stereocenters. The van der Waals surface area contributed by atoms with Crippen molar-refractivity contribution in [3.63, 3.8) is 0 Å². The number of esters is 1. The molecule has 132 valence electrons. The maximum absolute atomic E-state index is 13.2. The van der Waals surface area contributed by atoms with Gasteiger partial charge in [0.1, 0.15) is 17.1 Å². The number of phenolic OH excluding ortho intramolecular Hbond substituents is 1. The van der Waals surface area contributed by atoms with Gasteiger partial charge in [-0.25, -0.2) is 9.18 Å². The van der Waals surface area contributed by atoms with Crippen molar-refractivity contribution >= 4 is 28.3 Å². The molecule has 26 heavy (non-hydrogen) atoms. The second-order valence-electron chi connectivity index (χ2n) is 5.77. The summed E-state index contributed by atoms with van der Waals surface area (Å²) < 4.78 is 18.2. The number of carbonyl (C=O) groups excluding carboxylic acids is 2. The molecule has 0 heterocycles. The lowest BCUT2D eigenvalue weighted by Crippen LogP contribution is -2.21. The van der Waals surface area contributed by atoms with Gasteiger partial charge in [-0.3, -0.25) is 4.79 Å². The Morgan fingerprint density at radius 3 is 2.69 bits per heavy atom. The third-order valence-corrected chi connectivity index (χ3v) is 3.93. The summed E-state index contributed by atoms with van der Waals surface area (Å²) in [5.74, 6) is -2.11. The van der Waals surface area contributed by atoms with Crippen LogP contribution in [0.5, 0.6) is 5.75 Å². The average molecular weight is 353 g/mol. The van der Waals surface area contributed by atoms with E-state index in [1.165, 1.54) is 24.3 Å². The number of anilines is 1. The van der Waals surface area contributed by atoms with Crippen molar-refractivity contribution in [2.45, 2.75) is 6.92 Å². The maximum atomic E-state index is 13.2. The Morgan fingerprint density at radius 1 is 1.12 bits per heavy atom. The van der Waals surface area contributed by atoms with Crippen LogP contribution in [-0.2, 0) is 9.53 Å². The fourth-order valence-electron chi connectivity index (χ4n) is 2.54. The van der Waals surface area contributed by atoms with E-state index in [1.54, 1.807) is 31.2 Å². The summed E-state index contributed by atoms with van der Waals surface area (Å²) in [6.07, 6.45) is 0. The van der Waals surface area contributed by atoms with Crippen molar-refractivity contribution in [2.24, 2.45) is 0 Å². The SMILES string of the molecule is Cc1ccc(F)cc1NC(=O)COC(=O)c1ccc2ccccc2c1O. The third-order valence-electron chi connectivity index (χ3n) is 3.93. The zero-order chi connectivity index (χ0) is 18.7. The molecule has 0 aromatic heterocycles. The monoisotopic (exact) mass is 353 g/mol. The molecule has 0 radical (unpaired) electrons. The van der Waals surface area contributed by atoms with Gasteiger partial charge in [0.25, 0.3) is 5.91 Å². The highest BCUT2D eigenvalue weighted by Crippen LogP contribution is 2.29. The fraction of sp³-hybridized carbons (Fsp3) is 0.100. The second kappa shape index (κ2) is 7.23. The molecule has 3 aromatic rings. The molecule has 0 saturated carbocycles. The van der Waals surface area contributed by atoms with Crippen LogP contribution in [0.2, 0.25) is 0 Å². The Kier molecular flexibility index (Phi) is 4.84. The summed E-state index contributed by atoms with van der Waals surface area (Å²) in [5, 5.41) is 14.0. The molecule has 0 saturated heterocycles. The van der Waals surface area contributed by atoms with Crippen molar-refractivity contribution < 1.29 is 23.8 Å². The molecular weight excluding hydrogens is 337 g/mol. The molecule has 0 bridgehead atoms. The molecule has 0 aliphatic rings. The van der Waals surface area contributed by atoms with Crippen LogP contribution in [-0.4, -0.2) is 23.6 Å². The minimum Gasteiger partial charge on any atom is -0.506 e. The standard InChI is InChI=1S/C20H16FNO4/c1-12-6-8-14(21)10-17(12)22-18(23)11-26-20(25)16-9-7-13-4-2-3-5-15(13)19(16)24/h2-10,24H,11H2,1H3,(H,22,23). The number of aromatic hydroxyl groups is 1. The van der Waals surface area contributed by atoms with Gasteiger partial charge in [0.05, 0.1) is 0 Å². The number of ether oxygens (including phenoxy) is 1. The van der Waals surface area contributed by atoms with E-state index in [0.29, 0.717) is 16.6 Å². The molecule has 6 heteroatoms. The fourth-order valence-corrected chi connectivity index (χ4v) is 2.54. The van der Waals surface area contributed by atoms with Crippen LogP contribution >= 0.6 is 0 Å². The predicted molar refractivity (Wildman–Crippen MR) is 95.7 cm³/mol. The lowest BCUT2D eigenvalue weighted by Gasteiger charge is -2.10. The highest BCUT2D eigenvalue weighted by Gasteiger charge is 2.16. The van der Waals surface area contributed by atoms with Gasteiger partial charge in [0.2, 0.25) is 0 Å². The maximum Gasteiger partial charge on any atom is 0.342 e. The summed E-state index contributed by atoms with van der Waals surface area (Å²) >= 11 is 0. The van der Waals surface area contributed by atoms with Gasteiger partial charge in [-0.1, -0.05) is 36.4 Å². The van der Waals surface area contributed by atoms with Crippen LogP contribution in [0.4, 0.5) is 10.1 Å². The highest BCUT2D eigenvalue weighted by molar-refractivity contribution is 6.02. The lowest BCUT2D eigenvalue weighted by atomic mass is 10.1. The quantitative estimate of drug-likeness (QED) is 0.700. The molecule has 2 N–H and O–H groups in total. The highest BCUT2D eigenvalue weighted by atomic mass is 19.1. The van der Waals surface area contributed by atoms with Crippen molar-refractivity contribution in [1.82, 2.24) is 0 Å². The normalized spacial score (nSPS) is 10.5. The van der Waals surface area contributed by atoms with Crippen LogP contribution in [0, 0.1) is 12.7 Å². The Hall–Kier alpha value is -3.41. The Bertz CT molecular complexity index is 1000. The summed E-state index contributed by atoms with van der Waals surface area (Å²) in [7, 11) is 0. The van der Waals surface area contributed by atoms with E-state index in [2.05, 4.69) is 5.32 Å². The molecule has 0 atom stereocenters. The van der Waals surface area contributed by atoms with E-state index < -0.39 is 24.3 Å². The zero-order valence-corrected chi connectivity index (χ0v) is 14.0. The molecule has 0 fully saturated rings. The number of halogens is 1. The first-order valence-electron chi connectivity index (χ1n) is 7.89. The molecular formula is C20H16FNO4. The van der Waals surface area contributed by atoms with E-state index in [4.69, 9.17) is 4.74 Å². The van der Waals surface area contributed by atoms with E-state index in [1.807, 2.05) is 6.07 Å². The minimum absolute atomic E-state index is 0.0292. The van der Waals surface area contributed by atoms with Gasteiger partial charge < -0.3 is 15.2 Å². The topological polar surface area (TPSA) is 75.6 Å². The molecule has 0 aliphatic carbocycles. The first-order chi connectivity index (χ1) is 12.5. The summed E-state index contributed by atoms with van der Waals surface area (Å²) in [6, 6.07) is 14.2. The van der Waals surface area contributed by atoms with E-state index in [0.717, 1.165) is 5.39 Å². The van der Waals surface area contributed by atoms with Crippen LogP contribution < -0.4 is 5.32 Å². The van der Waals surface area contributed by atoms with Crippen molar-refractivity contribution in [2.75, 3.05) is 11.9 Å². The molecule has 0 spiro atoms. The van der Waals surface area contributed by atoms with E-state index in [9.17, 15) is 19.1 Å². The van der Waals surface area contributed by atoms with E-state index in [-0.39, 0.29) is 11.3 Å². The van der Waals surface area contributed by atoms with Gasteiger partial charge in [-0.2, -0.15) is 0 Å². The number of rotatable bonds is 4. The van der Waals surface area contributed by atoms with Crippen LogP contribution in [0.15, 0.2) is 54.6 Å². The number of carbonyl (C=O) groups is 2. The largest absolute Gasteiger partial charge is 0.506 e. The van der Waals surface area contributed by atoms with Crippen molar-refractivity contribution in [1.29, 1.82) is 0 Å². The summed E-state index contributed by atoms with van der Waals surface area (Å²) in [4.78, 5) is 24.1. The Labute approximate surface area is 149 Å². The number of benzene rings is 3. The number of nitrogens with one attached hydrogen (secondary N) is 1. The van der Waals surface area contributed by atoms with Crippen LogP contribution in [0.1, 0.15) is 15.9 Å². The van der Waals surface area contributed by atoms with Crippen molar-refractivity contribution in [3.8, 4) is 5.75 Å². The molecule has 1 amide bonds. The summed E-state index contributed by atoms with van der Waals surface area (Å²) in [6.45, 7) is 1.16.